The molecule has 0 bridgehead atoms. The highest BCUT2D eigenvalue weighted by atomic mass is 15.3. The van der Waals surface area contributed by atoms with Crippen molar-refractivity contribution < 1.29 is 0 Å². The fourth-order valence-corrected chi connectivity index (χ4v) is 1.39. The minimum atomic E-state index is 0.584. The van der Waals surface area contributed by atoms with Gasteiger partial charge in [0, 0.05) is 11.8 Å². The second-order valence-electron chi connectivity index (χ2n) is 3.66. The summed E-state index contributed by atoms with van der Waals surface area (Å²) in [7, 11) is 0. The Morgan fingerprint density at radius 1 is 1.38 bits per heavy atom. The number of nitrogens with zero attached hydrogens (tertiary/aromatic N) is 3. The summed E-state index contributed by atoms with van der Waals surface area (Å²) >= 11 is 0. The second kappa shape index (κ2) is 6.76. The molecular weight excluding hydrogens is 202 g/mol. The number of hydrogen-bond donors (Lipinski definition) is 2. The predicted molar refractivity (Wildman–Crippen MR) is 67.3 cm³/mol. The zero-order chi connectivity index (χ0) is 11.8. The van der Waals surface area contributed by atoms with Gasteiger partial charge >= 0.3 is 0 Å². The number of nitrogens with one attached hydrogen (secondary N) is 1. The van der Waals surface area contributed by atoms with Crippen molar-refractivity contribution in [2.75, 3.05) is 11.2 Å². The Balaban J connectivity index is 2.61. The van der Waals surface area contributed by atoms with Crippen molar-refractivity contribution in [3.05, 3.63) is 12.3 Å². The van der Waals surface area contributed by atoms with Crippen LogP contribution in [0.3, 0.4) is 0 Å². The molecule has 3 N–H and O–H groups in total. The first-order valence-electron chi connectivity index (χ1n) is 5.66. The molecule has 5 heteroatoms. The zero-order valence-corrected chi connectivity index (χ0v) is 9.90. The van der Waals surface area contributed by atoms with Crippen LogP contribution < -0.4 is 11.2 Å². The lowest BCUT2D eigenvalue weighted by molar-refractivity contribution is 0.906. The molecule has 0 aliphatic carbocycles. The summed E-state index contributed by atoms with van der Waals surface area (Å²) in [4.78, 5) is 0. The standard InChI is InChI=1S/C11H19N5/c1-3-5-10(6-4-2)14-16-11-7-9(12)8-13-15-11/h7-8H,3-6H2,1-2H3,(H3,12,15,16). The molecule has 5 nitrogen and oxygen atoms in total. The van der Waals surface area contributed by atoms with Gasteiger partial charge in [0.25, 0.3) is 0 Å². The van der Waals surface area contributed by atoms with Crippen LogP contribution >= 0.6 is 0 Å². The summed E-state index contributed by atoms with van der Waals surface area (Å²) in [6.45, 7) is 4.29. The van der Waals surface area contributed by atoms with E-state index in [1.807, 2.05) is 0 Å². The van der Waals surface area contributed by atoms with Crippen molar-refractivity contribution in [2.45, 2.75) is 39.5 Å². The Bertz CT molecular complexity index is 340. The van der Waals surface area contributed by atoms with Gasteiger partial charge in [0.05, 0.1) is 11.9 Å². The van der Waals surface area contributed by atoms with Gasteiger partial charge in [-0.1, -0.05) is 26.7 Å². The average Bonchev–Trinajstić information content (AvgIpc) is 2.27. The number of anilines is 2. The van der Waals surface area contributed by atoms with Crippen molar-refractivity contribution in [1.29, 1.82) is 0 Å². The van der Waals surface area contributed by atoms with Gasteiger partial charge in [-0.25, -0.2) is 0 Å². The molecule has 0 unspecified atom stereocenters. The quantitative estimate of drug-likeness (QED) is 0.571. The van der Waals surface area contributed by atoms with E-state index in [-0.39, 0.29) is 0 Å². The minimum Gasteiger partial charge on any atom is -0.397 e. The lowest BCUT2D eigenvalue weighted by atomic mass is 10.1. The molecule has 0 saturated carbocycles. The van der Waals surface area contributed by atoms with E-state index in [0.29, 0.717) is 11.5 Å². The summed E-state index contributed by atoms with van der Waals surface area (Å²) in [5, 5.41) is 12.0. The monoisotopic (exact) mass is 221 g/mol. The number of hydrazone groups is 1. The van der Waals surface area contributed by atoms with E-state index < -0.39 is 0 Å². The van der Waals surface area contributed by atoms with Crippen LogP contribution in [0.2, 0.25) is 0 Å². The summed E-state index contributed by atoms with van der Waals surface area (Å²) in [5.41, 5.74) is 10.2. The Morgan fingerprint density at radius 3 is 2.62 bits per heavy atom. The summed E-state index contributed by atoms with van der Waals surface area (Å²) < 4.78 is 0. The minimum absolute atomic E-state index is 0.584. The smallest absolute Gasteiger partial charge is 0.170 e. The molecule has 1 aromatic heterocycles. The molecule has 16 heavy (non-hydrogen) atoms. The van der Waals surface area contributed by atoms with E-state index >= 15 is 0 Å². The number of aromatic nitrogens is 2. The number of nitrogen functional groups attached to an aromatic ring is 1. The fraction of sp³-hybridized carbons (Fsp3) is 0.545. The zero-order valence-electron chi connectivity index (χ0n) is 9.90. The molecule has 1 rings (SSSR count). The maximum atomic E-state index is 5.59. The average molecular weight is 221 g/mol. The van der Waals surface area contributed by atoms with E-state index in [1.54, 1.807) is 6.07 Å². The molecule has 0 aliphatic heterocycles. The topological polar surface area (TPSA) is 76.2 Å². The third kappa shape index (κ3) is 4.25. The molecule has 0 aromatic carbocycles. The van der Waals surface area contributed by atoms with Gasteiger partial charge in [0.1, 0.15) is 0 Å². The van der Waals surface area contributed by atoms with Crippen molar-refractivity contribution >= 4 is 17.2 Å². The van der Waals surface area contributed by atoms with Gasteiger partial charge in [-0.15, -0.1) is 5.10 Å². The van der Waals surface area contributed by atoms with Crippen LogP contribution in [-0.2, 0) is 0 Å². The second-order valence-corrected chi connectivity index (χ2v) is 3.66. The third-order valence-electron chi connectivity index (χ3n) is 2.08. The summed E-state index contributed by atoms with van der Waals surface area (Å²) in [6, 6.07) is 1.71. The van der Waals surface area contributed by atoms with Crippen molar-refractivity contribution in [2.24, 2.45) is 5.10 Å². The fourth-order valence-electron chi connectivity index (χ4n) is 1.39. The normalized spacial score (nSPS) is 9.88. The third-order valence-corrected chi connectivity index (χ3v) is 2.08. The van der Waals surface area contributed by atoms with E-state index in [4.69, 9.17) is 5.73 Å². The molecule has 0 aliphatic rings. The highest BCUT2D eigenvalue weighted by Crippen LogP contribution is 2.07. The van der Waals surface area contributed by atoms with E-state index in [9.17, 15) is 0 Å². The molecule has 0 spiro atoms. The predicted octanol–water partition coefficient (Wildman–Crippen LogP) is 2.43. The maximum absolute atomic E-state index is 5.59. The van der Waals surface area contributed by atoms with E-state index in [1.165, 1.54) is 6.20 Å². The van der Waals surface area contributed by atoms with Gasteiger partial charge in [-0.05, 0) is 12.8 Å². The molecule has 1 aromatic rings. The summed E-state index contributed by atoms with van der Waals surface area (Å²) in [5.74, 6) is 0.588. The highest BCUT2D eigenvalue weighted by molar-refractivity contribution is 5.84. The van der Waals surface area contributed by atoms with Crippen LogP contribution in [0.15, 0.2) is 17.4 Å². The van der Waals surface area contributed by atoms with Gasteiger partial charge in [0.15, 0.2) is 5.82 Å². The van der Waals surface area contributed by atoms with Crippen molar-refractivity contribution in [3.63, 3.8) is 0 Å². The molecule has 1 heterocycles. The number of nitrogens with two attached hydrogens (primary N) is 1. The number of hydrogen-bond acceptors (Lipinski definition) is 5. The van der Waals surface area contributed by atoms with E-state index in [0.717, 1.165) is 31.4 Å². The van der Waals surface area contributed by atoms with Crippen molar-refractivity contribution in [3.8, 4) is 0 Å². The van der Waals surface area contributed by atoms with Crippen LogP contribution in [0.4, 0.5) is 11.5 Å². The van der Waals surface area contributed by atoms with Crippen LogP contribution in [0.1, 0.15) is 39.5 Å². The Labute approximate surface area is 96.1 Å². The van der Waals surface area contributed by atoms with Crippen LogP contribution in [0.25, 0.3) is 0 Å². The molecule has 0 fully saturated rings. The van der Waals surface area contributed by atoms with E-state index in [2.05, 4.69) is 34.6 Å². The molecule has 88 valence electrons. The SMILES string of the molecule is CCCC(CCC)=NNc1cc(N)cnn1. The lowest BCUT2D eigenvalue weighted by Crippen LogP contribution is -2.03. The van der Waals surface area contributed by atoms with Gasteiger partial charge in [-0.3, -0.25) is 5.43 Å². The first-order chi connectivity index (χ1) is 7.76. The Kier molecular flexibility index (Phi) is 5.25. The maximum Gasteiger partial charge on any atom is 0.170 e. The van der Waals surface area contributed by atoms with Gasteiger partial charge < -0.3 is 5.73 Å². The molecular formula is C11H19N5. The van der Waals surface area contributed by atoms with Crippen molar-refractivity contribution in [1.82, 2.24) is 10.2 Å². The largest absolute Gasteiger partial charge is 0.397 e. The molecule has 0 saturated heterocycles. The highest BCUT2D eigenvalue weighted by Gasteiger charge is 1.98. The molecule has 0 radical (unpaired) electrons. The number of rotatable bonds is 6. The summed E-state index contributed by atoms with van der Waals surface area (Å²) in [6.07, 6.45) is 5.73. The first-order valence-corrected chi connectivity index (χ1v) is 5.66. The molecule has 0 amide bonds. The first kappa shape index (κ1) is 12.4. The van der Waals surface area contributed by atoms with Crippen LogP contribution in [-0.4, -0.2) is 15.9 Å². The Morgan fingerprint density at radius 2 is 2.06 bits per heavy atom. The molecule has 0 atom stereocenters. The van der Waals surface area contributed by atoms with Crippen LogP contribution in [0.5, 0.6) is 0 Å². The lowest BCUT2D eigenvalue weighted by Gasteiger charge is -2.04. The van der Waals surface area contributed by atoms with Gasteiger partial charge in [0.2, 0.25) is 0 Å². The Hall–Kier alpha value is -1.65. The van der Waals surface area contributed by atoms with Crippen LogP contribution in [0, 0.1) is 0 Å². The van der Waals surface area contributed by atoms with Gasteiger partial charge in [-0.2, -0.15) is 10.2 Å².